The Balaban J connectivity index is 1.31. The van der Waals surface area contributed by atoms with Crippen molar-refractivity contribution >= 4 is 39.3 Å². The molecule has 16 nitrogen and oxygen atoms in total. The first-order chi connectivity index (χ1) is 34.9. The molecule has 0 radical (unpaired) electrons. The summed E-state index contributed by atoms with van der Waals surface area (Å²) in [6.07, 6.45) is 37.9. The molecule has 2 fully saturated rings. The summed E-state index contributed by atoms with van der Waals surface area (Å²) in [6, 6.07) is 3.66. The monoisotopic (exact) mass is 1030 g/mol. The Labute approximate surface area is 430 Å². The van der Waals surface area contributed by atoms with Crippen LogP contribution in [-0.4, -0.2) is 86.4 Å². The van der Waals surface area contributed by atoms with E-state index in [-0.39, 0.29) is 31.9 Å². The lowest BCUT2D eigenvalue weighted by molar-refractivity contribution is -0.384. The maximum absolute atomic E-state index is 14.2. The number of nitro groups is 1. The van der Waals surface area contributed by atoms with E-state index in [4.69, 9.17) is 14.2 Å². The highest BCUT2D eigenvalue weighted by atomic mass is 32.2. The van der Waals surface area contributed by atoms with Crippen LogP contribution in [0.2, 0.25) is 0 Å². The molecule has 0 saturated carbocycles. The Morgan fingerprint density at radius 1 is 0.639 bits per heavy atom. The molecule has 0 bridgehead atoms. The van der Waals surface area contributed by atoms with Gasteiger partial charge in [-0.3, -0.25) is 14.9 Å². The smallest absolute Gasteiger partial charge is 0.361 e. The zero-order valence-electron chi connectivity index (χ0n) is 44.3. The number of esters is 3. The Bertz CT molecular complexity index is 2040. The van der Waals surface area contributed by atoms with Crippen molar-refractivity contribution in [2.24, 2.45) is 0 Å². The number of sulfone groups is 1. The van der Waals surface area contributed by atoms with Crippen LogP contribution in [0.3, 0.4) is 0 Å². The van der Waals surface area contributed by atoms with E-state index in [0.717, 1.165) is 54.5 Å². The first-order valence-electron chi connectivity index (χ1n) is 28.1. The van der Waals surface area contributed by atoms with Gasteiger partial charge in [-0.15, -0.1) is 5.10 Å². The molecule has 3 atom stereocenters. The van der Waals surface area contributed by atoms with Gasteiger partial charge in [0, 0.05) is 12.1 Å². The molecule has 1 aromatic heterocycles. The predicted octanol–water partition coefficient (Wildman–Crippen LogP) is 12.9. The number of fused-ring (bicyclic) bond motifs is 1. The number of non-ortho nitro benzene ring substituents is 1. The third-order valence-electron chi connectivity index (χ3n) is 14.6. The van der Waals surface area contributed by atoms with Gasteiger partial charge < -0.3 is 19.1 Å². The van der Waals surface area contributed by atoms with E-state index in [1.165, 1.54) is 179 Å². The summed E-state index contributed by atoms with van der Waals surface area (Å²) in [5, 5.41) is 17.9. The van der Waals surface area contributed by atoms with Crippen molar-refractivity contribution in [1.82, 2.24) is 19.9 Å². The zero-order valence-corrected chi connectivity index (χ0v) is 45.1. The number of unbranched alkanes of at least 4 members (excludes halogenated alkanes) is 30. The number of hydrogen-bond donors (Lipinski definition) is 0. The van der Waals surface area contributed by atoms with Crippen molar-refractivity contribution in [1.29, 1.82) is 0 Å². The van der Waals surface area contributed by atoms with Crippen molar-refractivity contribution in [3.63, 3.8) is 0 Å². The quantitative estimate of drug-likeness (QED) is 0.0152. The van der Waals surface area contributed by atoms with E-state index < -0.39 is 72.7 Å². The number of β-lactam (4-membered cyclic amide) rings is 1. The highest BCUT2D eigenvalue weighted by Gasteiger charge is 2.70. The van der Waals surface area contributed by atoms with Gasteiger partial charge in [0.25, 0.3) is 5.69 Å². The molecule has 72 heavy (non-hydrogen) atoms. The topological polar surface area (TPSA) is 207 Å². The van der Waals surface area contributed by atoms with Gasteiger partial charge in [-0.1, -0.05) is 212 Å². The molecule has 3 heterocycles. The molecule has 1 amide bonds. The second-order valence-corrected chi connectivity index (χ2v) is 23.1. The van der Waals surface area contributed by atoms with E-state index in [1.54, 1.807) is 0 Å². The van der Waals surface area contributed by atoms with Crippen LogP contribution in [0.1, 0.15) is 259 Å². The Morgan fingerprint density at radius 2 is 1.04 bits per heavy atom. The highest BCUT2D eigenvalue weighted by Crippen LogP contribution is 2.47. The fourth-order valence-electron chi connectivity index (χ4n) is 10.0. The van der Waals surface area contributed by atoms with Gasteiger partial charge in [0.1, 0.15) is 16.7 Å². The van der Waals surface area contributed by atoms with Gasteiger partial charge in [0.05, 0.1) is 31.1 Å². The fraction of sp³-hybridized carbons (Fsp3) is 0.782. The number of carbonyl (C=O) groups excluding carboxylic acids is 4. The number of benzene rings is 1. The Morgan fingerprint density at radius 3 is 1.44 bits per heavy atom. The van der Waals surface area contributed by atoms with E-state index in [2.05, 4.69) is 24.2 Å². The molecule has 4 rings (SSSR count). The third kappa shape index (κ3) is 19.1. The molecule has 2 aliphatic rings. The van der Waals surface area contributed by atoms with Crippen LogP contribution >= 0.6 is 0 Å². The number of carbonyl (C=O) groups is 4. The normalized spacial score (nSPS) is 17.9. The summed E-state index contributed by atoms with van der Waals surface area (Å²) in [6.45, 7) is 4.92. The van der Waals surface area contributed by atoms with Crippen molar-refractivity contribution in [2.75, 3.05) is 13.2 Å². The Kier molecular flexibility index (Phi) is 27.9. The van der Waals surface area contributed by atoms with Crippen LogP contribution in [0.5, 0.6) is 0 Å². The molecule has 0 spiro atoms. The van der Waals surface area contributed by atoms with E-state index in [9.17, 15) is 37.7 Å². The minimum atomic E-state index is -4.32. The van der Waals surface area contributed by atoms with Crippen molar-refractivity contribution < 1.29 is 46.7 Å². The van der Waals surface area contributed by atoms with Crippen LogP contribution in [0.15, 0.2) is 24.3 Å². The van der Waals surface area contributed by atoms with Crippen LogP contribution in [0.4, 0.5) is 5.69 Å². The van der Waals surface area contributed by atoms with Crippen LogP contribution < -0.4 is 0 Å². The molecule has 0 aliphatic carbocycles. The van der Waals surface area contributed by atoms with E-state index in [1.807, 2.05) is 0 Å². The minimum Gasteiger partial charge on any atom is -0.461 e. The van der Waals surface area contributed by atoms with Crippen molar-refractivity contribution in [2.45, 2.75) is 262 Å². The van der Waals surface area contributed by atoms with E-state index >= 15 is 0 Å². The molecular weight excluding hydrogens is 939 g/mol. The summed E-state index contributed by atoms with van der Waals surface area (Å²) in [5.41, 5.74) is -0.599. The Hall–Kier alpha value is -4.41. The number of amides is 1. The minimum absolute atomic E-state index is 0.0493. The van der Waals surface area contributed by atoms with Gasteiger partial charge in [-0.05, 0) is 37.5 Å². The number of ether oxygens (including phenoxy) is 3. The van der Waals surface area contributed by atoms with Crippen LogP contribution in [0, 0.1) is 10.1 Å². The number of hydrogen-bond acceptors (Lipinski definition) is 13. The number of aromatic nitrogens is 3. The zero-order chi connectivity index (χ0) is 52.0. The van der Waals surface area contributed by atoms with Gasteiger partial charge in [0.15, 0.2) is 21.6 Å². The average Bonchev–Trinajstić information content (AvgIpc) is 3.84. The molecular formula is C55H89N5O11S. The SMILES string of the molecule is CCCCCCCCCCCCCCCCCCOC(=O)c1nnn(C[C@@]2(C)[C@H](C(=O)OCc3ccc([N+](=O)[O-])cc3)N3C(=O)C[C@@H]3S2(=O)=O)c1C(=O)OCCCCCCCCCCCCCCCCCC. The van der Waals surface area contributed by atoms with E-state index in [0.29, 0.717) is 18.4 Å². The van der Waals surface area contributed by atoms with Crippen LogP contribution in [-0.2, 0) is 46.8 Å². The first-order valence-corrected chi connectivity index (χ1v) is 29.6. The summed E-state index contributed by atoms with van der Waals surface area (Å²) in [7, 11) is -4.32. The molecule has 1 aromatic carbocycles. The lowest BCUT2D eigenvalue weighted by Gasteiger charge is -2.36. The lowest BCUT2D eigenvalue weighted by Crippen LogP contribution is -2.58. The third-order valence-corrected chi connectivity index (χ3v) is 17.4. The number of nitrogens with zero attached hydrogens (tertiary/aromatic N) is 5. The highest BCUT2D eigenvalue weighted by molar-refractivity contribution is 7.93. The summed E-state index contributed by atoms with van der Waals surface area (Å²) in [4.78, 5) is 65.9. The first kappa shape index (κ1) is 60.1. The van der Waals surface area contributed by atoms with Gasteiger partial charge in [-0.25, -0.2) is 27.5 Å². The number of rotatable bonds is 42. The fourth-order valence-corrected chi connectivity index (χ4v) is 12.4. The number of nitro benzene ring substituents is 1. The molecule has 2 saturated heterocycles. The summed E-state index contributed by atoms with van der Waals surface area (Å²) < 4.78 is 44.2. The lowest BCUT2D eigenvalue weighted by atomic mass is 9.96. The molecule has 0 N–H and O–H groups in total. The largest absolute Gasteiger partial charge is 0.461 e. The maximum Gasteiger partial charge on any atom is 0.361 e. The molecule has 2 aromatic rings. The summed E-state index contributed by atoms with van der Waals surface area (Å²) in [5.74, 6) is -3.44. The maximum atomic E-state index is 14.2. The van der Waals surface area contributed by atoms with Crippen LogP contribution in [0.25, 0.3) is 0 Å². The van der Waals surface area contributed by atoms with Crippen molar-refractivity contribution in [3.05, 3.63) is 51.3 Å². The second kappa shape index (κ2) is 33.4. The predicted molar refractivity (Wildman–Crippen MR) is 279 cm³/mol. The van der Waals surface area contributed by atoms with Gasteiger partial charge >= 0.3 is 17.9 Å². The standard InChI is InChI=1S/C55H89N5O11S/c1-4-6-8-10-12-14-16-18-20-22-24-26-28-30-32-34-40-69-52(62)49-50(53(63)70-41-35-33-31-29-27-25-23-21-19-17-15-13-11-9-7-5-2)58(57-56-49)44-55(3)51(59-47(61)42-48(59)72(55,67)68)54(64)71-43-45-36-38-46(39-37-45)60(65)66/h36-39,48,51H,4-35,40-44H2,1-3H3/t48-,51-,55-/m0/s1. The summed E-state index contributed by atoms with van der Waals surface area (Å²) >= 11 is 0. The molecule has 17 heteroatoms. The molecule has 406 valence electrons. The average molecular weight is 1030 g/mol. The molecule has 0 unspecified atom stereocenters. The second-order valence-electron chi connectivity index (χ2n) is 20.6. The van der Waals surface area contributed by atoms with Gasteiger partial charge in [-0.2, -0.15) is 0 Å². The van der Waals surface area contributed by atoms with Crippen molar-refractivity contribution in [3.8, 4) is 0 Å². The van der Waals surface area contributed by atoms with Gasteiger partial charge in [0.2, 0.25) is 11.6 Å². The molecule has 2 aliphatic heterocycles.